The van der Waals surface area contributed by atoms with Crippen LogP contribution in [-0.4, -0.2) is 29.5 Å². The van der Waals surface area contributed by atoms with E-state index >= 15 is 0 Å². The van der Waals surface area contributed by atoms with E-state index in [1.165, 1.54) is 0 Å². The number of benzene rings is 1. The maximum absolute atomic E-state index is 9.63. The van der Waals surface area contributed by atoms with Crippen molar-refractivity contribution >= 4 is 0 Å². The normalized spacial score (nSPS) is 16.6. The van der Waals surface area contributed by atoms with Gasteiger partial charge in [0, 0.05) is 0 Å². The lowest BCUT2D eigenvalue weighted by Gasteiger charge is -2.20. The second-order valence-electron chi connectivity index (χ2n) is 4.19. The van der Waals surface area contributed by atoms with Gasteiger partial charge in [-0.05, 0) is 30.9 Å². The fraction of sp³-hybridized carbons (Fsp3) is 0.538. The predicted octanol–water partition coefficient (Wildman–Crippen LogP) is 1.93. The molecule has 0 aliphatic rings. The molecule has 1 rings (SSSR count). The van der Waals surface area contributed by atoms with E-state index in [1.54, 1.807) is 14.0 Å². The zero-order valence-electron chi connectivity index (χ0n) is 10.1. The standard InChI is InChI=1S/C13H20O3/c1-9(8-12(15)10(2)14)11-6-4-5-7-13(11)16-3/h4-7,9-10,12,14-15H,8H2,1-3H3. The largest absolute Gasteiger partial charge is 0.496 e. The Morgan fingerprint density at radius 2 is 1.81 bits per heavy atom. The number of aliphatic hydroxyl groups excluding tert-OH is 2. The molecule has 3 atom stereocenters. The van der Waals surface area contributed by atoms with Crippen LogP contribution in [0.4, 0.5) is 0 Å². The summed E-state index contributed by atoms with van der Waals surface area (Å²) in [6.45, 7) is 3.61. The molecule has 0 saturated heterocycles. The minimum absolute atomic E-state index is 0.153. The van der Waals surface area contributed by atoms with Crippen molar-refractivity contribution in [1.82, 2.24) is 0 Å². The van der Waals surface area contributed by atoms with Crippen molar-refractivity contribution in [3.8, 4) is 5.75 Å². The fourth-order valence-corrected chi connectivity index (χ4v) is 1.76. The molecule has 3 heteroatoms. The summed E-state index contributed by atoms with van der Waals surface area (Å²) in [6, 6.07) is 7.75. The first-order valence-electron chi connectivity index (χ1n) is 5.55. The molecule has 0 heterocycles. The maximum Gasteiger partial charge on any atom is 0.122 e. The van der Waals surface area contributed by atoms with E-state index in [0.717, 1.165) is 11.3 Å². The number of methoxy groups -OCH3 is 1. The molecule has 0 spiro atoms. The highest BCUT2D eigenvalue weighted by molar-refractivity contribution is 5.35. The number of ether oxygens (including phenoxy) is 1. The smallest absolute Gasteiger partial charge is 0.122 e. The molecule has 0 bridgehead atoms. The zero-order valence-corrected chi connectivity index (χ0v) is 10.1. The third-order valence-corrected chi connectivity index (χ3v) is 2.82. The summed E-state index contributed by atoms with van der Waals surface area (Å²) in [7, 11) is 1.64. The first-order chi connectivity index (χ1) is 7.56. The minimum Gasteiger partial charge on any atom is -0.496 e. The summed E-state index contributed by atoms with van der Waals surface area (Å²) in [5.74, 6) is 0.980. The van der Waals surface area contributed by atoms with Crippen LogP contribution in [0.25, 0.3) is 0 Å². The van der Waals surface area contributed by atoms with Gasteiger partial charge in [-0.25, -0.2) is 0 Å². The maximum atomic E-state index is 9.63. The van der Waals surface area contributed by atoms with Crippen molar-refractivity contribution in [3.63, 3.8) is 0 Å². The average molecular weight is 224 g/mol. The molecule has 0 fully saturated rings. The summed E-state index contributed by atoms with van der Waals surface area (Å²) in [4.78, 5) is 0. The highest BCUT2D eigenvalue weighted by atomic mass is 16.5. The van der Waals surface area contributed by atoms with E-state index < -0.39 is 12.2 Å². The molecule has 1 aromatic carbocycles. The monoisotopic (exact) mass is 224 g/mol. The van der Waals surface area contributed by atoms with Gasteiger partial charge in [-0.15, -0.1) is 0 Å². The minimum atomic E-state index is -0.697. The topological polar surface area (TPSA) is 49.7 Å². The molecule has 0 amide bonds. The van der Waals surface area contributed by atoms with Crippen molar-refractivity contribution in [2.75, 3.05) is 7.11 Å². The van der Waals surface area contributed by atoms with Gasteiger partial charge in [-0.3, -0.25) is 0 Å². The Balaban J connectivity index is 2.76. The van der Waals surface area contributed by atoms with E-state index in [9.17, 15) is 10.2 Å². The van der Waals surface area contributed by atoms with Crippen LogP contribution in [0.15, 0.2) is 24.3 Å². The second kappa shape index (κ2) is 5.87. The molecule has 0 saturated carbocycles. The summed E-state index contributed by atoms with van der Waals surface area (Å²) in [6.07, 6.45) is -0.866. The van der Waals surface area contributed by atoms with E-state index in [2.05, 4.69) is 0 Å². The summed E-state index contributed by atoms with van der Waals surface area (Å²) < 4.78 is 5.26. The lowest BCUT2D eigenvalue weighted by atomic mass is 9.93. The van der Waals surface area contributed by atoms with Gasteiger partial charge in [0.15, 0.2) is 0 Å². The van der Waals surface area contributed by atoms with Crippen molar-refractivity contribution in [2.45, 2.75) is 38.4 Å². The van der Waals surface area contributed by atoms with E-state index in [0.29, 0.717) is 6.42 Å². The SMILES string of the molecule is COc1ccccc1C(C)CC(O)C(C)O. The van der Waals surface area contributed by atoms with Crippen molar-refractivity contribution in [1.29, 1.82) is 0 Å². The number of aliphatic hydroxyl groups is 2. The van der Waals surface area contributed by atoms with Crippen LogP contribution in [0.2, 0.25) is 0 Å². The molecule has 1 aromatic rings. The molecule has 2 N–H and O–H groups in total. The summed E-state index contributed by atoms with van der Waals surface area (Å²) in [5.41, 5.74) is 1.06. The van der Waals surface area contributed by atoms with Gasteiger partial charge in [-0.2, -0.15) is 0 Å². The Kier molecular flexibility index (Phi) is 4.77. The Morgan fingerprint density at radius 1 is 1.19 bits per heavy atom. The molecule has 3 nitrogen and oxygen atoms in total. The third kappa shape index (κ3) is 3.22. The molecule has 3 unspecified atom stereocenters. The van der Waals surface area contributed by atoms with Crippen LogP contribution in [0.3, 0.4) is 0 Å². The van der Waals surface area contributed by atoms with Gasteiger partial charge in [0.05, 0.1) is 19.3 Å². The quantitative estimate of drug-likeness (QED) is 0.803. The van der Waals surface area contributed by atoms with Gasteiger partial charge >= 0.3 is 0 Å². The second-order valence-corrected chi connectivity index (χ2v) is 4.19. The van der Waals surface area contributed by atoms with Gasteiger partial charge in [-0.1, -0.05) is 25.1 Å². The van der Waals surface area contributed by atoms with Crippen molar-refractivity contribution in [2.24, 2.45) is 0 Å². The Morgan fingerprint density at radius 3 is 2.38 bits per heavy atom. The van der Waals surface area contributed by atoms with Crippen LogP contribution in [0.5, 0.6) is 5.75 Å². The molecular weight excluding hydrogens is 204 g/mol. The van der Waals surface area contributed by atoms with Gasteiger partial charge in [0.1, 0.15) is 5.75 Å². The van der Waals surface area contributed by atoms with Gasteiger partial charge < -0.3 is 14.9 Å². The number of hydrogen-bond acceptors (Lipinski definition) is 3. The van der Waals surface area contributed by atoms with Gasteiger partial charge in [0.25, 0.3) is 0 Å². The van der Waals surface area contributed by atoms with E-state index in [-0.39, 0.29) is 5.92 Å². The molecule has 0 aliphatic carbocycles. The zero-order chi connectivity index (χ0) is 12.1. The third-order valence-electron chi connectivity index (χ3n) is 2.82. The fourth-order valence-electron chi connectivity index (χ4n) is 1.76. The highest BCUT2D eigenvalue weighted by Crippen LogP contribution is 2.29. The first-order valence-corrected chi connectivity index (χ1v) is 5.55. The van der Waals surface area contributed by atoms with Crippen LogP contribution in [0, 0.1) is 0 Å². The summed E-state index contributed by atoms with van der Waals surface area (Å²) >= 11 is 0. The number of hydrogen-bond donors (Lipinski definition) is 2. The van der Waals surface area contributed by atoms with Crippen molar-refractivity contribution < 1.29 is 14.9 Å². The van der Waals surface area contributed by atoms with E-state index in [1.807, 2.05) is 31.2 Å². The van der Waals surface area contributed by atoms with Crippen LogP contribution in [-0.2, 0) is 0 Å². The summed E-state index contributed by atoms with van der Waals surface area (Å²) in [5, 5.41) is 18.9. The highest BCUT2D eigenvalue weighted by Gasteiger charge is 2.18. The first kappa shape index (κ1) is 13.0. The van der Waals surface area contributed by atoms with Gasteiger partial charge in [0.2, 0.25) is 0 Å². The molecule has 16 heavy (non-hydrogen) atoms. The lowest BCUT2D eigenvalue weighted by Crippen LogP contribution is -2.24. The lowest BCUT2D eigenvalue weighted by molar-refractivity contribution is 0.0226. The Labute approximate surface area is 96.7 Å². The predicted molar refractivity (Wildman–Crippen MR) is 63.7 cm³/mol. The Hall–Kier alpha value is -1.06. The van der Waals surface area contributed by atoms with Crippen LogP contribution >= 0.6 is 0 Å². The molecular formula is C13H20O3. The van der Waals surface area contributed by atoms with Crippen LogP contribution in [0.1, 0.15) is 31.7 Å². The number of rotatable bonds is 5. The molecule has 90 valence electrons. The molecule has 0 aliphatic heterocycles. The van der Waals surface area contributed by atoms with Crippen LogP contribution < -0.4 is 4.74 Å². The van der Waals surface area contributed by atoms with Crippen molar-refractivity contribution in [3.05, 3.63) is 29.8 Å². The van der Waals surface area contributed by atoms with E-state index in [4.69, 9.17) is 4.74 Å². The average Bonchev–Trinajstić information content (AvgIpc) is 2.28. The molecule has 0 aromatic heterocycles. The Bertz CT molecular complexity index is 323. The molecule has 0 radical (unpaired) electrons. The number of para-hydroxylation sites is 1.